The van der Waals surface area contributed by atoms with Gasteiger partial charge < -0.3 is 0 Å². The lowest BCUT2D eigenvalue weighted by Crippen LogP contribution is -2.29. The molecule has 0 saturated carbocycles. The van der Waals surface area contributed by atoms with Crippen LogP contribution < -0.4 is 4.90 Å². The molecular weight excluding hydrogens is 294 g/mol. The topological polar surface area (TPSA) is 37.4 Å². The van der Waals surface area contributed by atoms with Gasteiger partial charge in [-0.2, -0.15) is 0 Å². The van der Waals surface area contributed by atoms with Crippen molar-refractivity contribution in [2.45, 2.75) is 38.5 Å². The Bertz CT molecular complexity index is 712. The highest BCUT2D eigenvalue weighted by molar-refractivity contribution is 7.12. The summed E-state index contributed by atoms with van der Waals surface area (Å²) in [5.74, 6) is -0.570. The van der Waals surface area contributed by atoms with Gasteiger partial charge in [-0.25, -0.2) is 4.90 Å². The first-order valence-corrected chi connectivity index (χ1v) is 8.21. The third-order valence-electron chi connectivity index (χ3n) is 3.87. The number of rotatable bonds is 2. The lowest BCUT2D eigenvalue weighted by Gasteiger charge is -2.16. The van der Waals surface area contributed by atoms with Crippen LogP contribution in [0.3, 0.4) is 0 Å². The quantitative estimate of drug-likeness (QED) is 0.783. The van der Waals surface area contributed by atoms with Crippen molar-refractivity contribution >= 4 is 28.8 Å². The molecule has 0 spiro atoms. The summed E-state index contributed by atoms with van der Waals surface area (Å²) < 4.78 is 0. The van der Waals surface area contributed by atoms with Gasteiger partial charge in [0.2, 0.25) is 11.8 Å². The van der Waals surface area contributed by atoms with E-state index in [-0.39, 0.29) is 29.6 Å². The number of carbonyl (C=O) groups is 2. The zero-order valence-corrected chi connectivity index (χ0v) is 13.8. The number of carbonyl (C=O) groups excluding carboxylic acids is 2. The van der Waals surface area contributed by atoms with Crippen molar-refractivity contribution in [3.05, 3.63) is 52.2 Å². The van der Waals surface area contributed by atoms with E-state index >= 15 is 0 Å². The maximum atomic E-state index is 12.7. The second-order valence-electron chi connectivity index (χ2n) is 6.61. The highest BCUT2D eigenvalue weighted by Crippen LogP contribution is 2.39. The molecule has 114 valence electrons. The molecule has 0 N–H and O–H groups in total. The van der Waals surface area contributed by atoms with Gasteiger partial charge in [-0.3, -0.25) is 9.59 Å². The predicted molar refractivity (Wildman–Crippen MR) is 89.3 cm³/mol. The number of benzene rings is 1. The van der Waals surface area contributed by atoms with E-state index in [1.54, 1.807) is 23.5 Å². The Labute approximate surface area is 134 Å². The summed E-state index contributed by atoms with van der Waals surface area (Å²) in [6.45, 7) is 6.46. The van der Waals surface area contributed by atoms with E-state index in [2.05, 4.69) is 26.8 Å². The minimum absolute atomic E-state index is 0.0632. The highest BCUT2D eigenvalue weighted by atomic mass is 32.1. The molecule has 0 radical (unpaired) electrons. The third kappa shape index (κ3) is 2.59. The van der Waals surface area contributed by atoms with Crippen LogP contribution in [0.15, 0.2) is 42.5 Å². The van der Waals surface area contributed by atoms with Gasteiger partial charge in [0.05, 0.1) is 11.6 Å². The molecule has 22 heavy (non-hydrogen) atoms. The van der Waals surface area contributed by atoms with E-state index in [1.807, 2.05) is 24.3 Å². The van der Waals surface area contributed by atoms with Crippen LogP contribution in [-0.2, 0) is 15.0 Å². The Morgan fingerprint density at radius 1 is 1.05 bits per heavy atom. The molecule has 2 aromatic rings. The molecule has 1 aromatic heterocycles. The van der Waals surface area contributed by atoms with Gasteiger partial charge in [0.25, 0.3) is 0 Å². The van der Waals surface area contributed by atoms with Crippen LogP contribution in [0.25, 0.3) is 0 Å². The monoisotopic (exact) mass is 313 g/mol. The van der Waals surface area contributed by atoms with E-state index in [0.717, 1.165) is 4.88 Å². The maximum Gasteiger partial charge on any atom is 0.242 e. The second kappa shape index (κ2) is 5.36. The zero-order valence-electron chi connectivity index (χ0n) is 13.0. The van der Waals surface area contributed by atoms with Crippen molar-refractivity contribution in [2.75, 3.05) is 4.90 Å². The van der Waals surface area contributed by atoms with E-state index in [0.29, 0.717) is 5.69 Å². The van der Waals surface area contributed by atoms with Crippen LogP contribution in [0.1, 0.15) is 42.9 Å². The van der Waals surface area contributed by atoms with E-state index in [1.165, 1.54) is 9.78 Å². The van der Waals surface area contributed by atoms with Gasteiger partial charge in [0, 0.05) is 16.2 Å². The number of para-hydroxylation sites is 1. The van der Waals surface area contributed by atoms with Crippen molar-refractivity contribution in [1.29, 1.82) is 0 Å². The van der Waals surface area contributed by atoms with Crippen LogP contribution in [-0.4, -0.2) is 11.8 Å². The Balaban J connectivity index is 1.90. The molecule has 0 unspecified atom stereocenters. The summed E-state index contributed by atoms with van der Waals surface area (Å²) in [7, 11) is 0. The molecule has 2 amide bonds. The highest BCUT2D eigenvalue weighted by Gasteiger charge is 2.41. The van der Waals surface area contributed by atoms with Gasteiger partial charge in [0.15, 0.2) is 0 Å². The van der Waals surface area contributed by atoms with Crippen molar-refractivity contribution < 1.29 is 9.59 Å². The van der Waals surface area contributed by atoms with E-state index in [4.69, 9.17) is 0 Å². The number of hydrogen-bond acceptors (Lipinski definition) is 3. The lowest BCUT2D eigenvalue weighted by atomic mass is 9.95. The first kappa shape index (κ1) is 15.0. The van der Waals surface area contributed by atoms with Gasteiger partial charge >= 0.3 is 0 Å². The molecule has 0 bridgehead atoms. The molecular formula is C18H19NO2S. The molecule has 3 nitrogen and oxygen atoms in total. The molecule has 1 fully saturated rings. The fourth-order valence-corrected chi connectivity index (χ4v) is 3.80. The molecule has 1 aliphatic rings. The molecule has 1 aromatic carbocycles. The Hall–Kier alpha value is -1.94. The number of thiophene rings is 1. The molecule has 1 aliphatic heterocycles. The van der Waals surface area contributed by atoms with Gasteiger partial charge in [0.1, 0.15) is 0 Å². The first-order chi connectivity index (χ1) is 10.4. The van der Waals surface area contributed by atoms with Crippen molar-refractivity contribution in [3.63, 3.8) is 0 Å². The lowest BCUT2D eigenvalue weighted by molar-refractivity contribution is -0.121. The summed E-state index contributed by atoms with van der Waals surface area (Å²) in [6.07, 6.45) is 0.262. The van der Waals surface area contributed by atoms with E-state index in [9.17, 15) is 9.59 Å². The minimum Gasteiger partial charge on any atom is -0.274 e. The SMILES string of the molecule is CC(C)(C)c1ccc([C@H]2CC(=O)N(c3ccccc3)C2=O)s1. The van der Waals surface area contributed by atoms with Crippen LogP contribution in [0.4, 0.5) is 5.69 Å². The standard InChI is InChI=1S/C18H19NO2S/c1-18(2,3)15-10-9-14(22-15)13-11-16(20)19(17(13)21)12-7-5-4-6-8-12/h4-10,13H,11H2,1-3H3/t13-/m1/s1. The normalized spacial score (nSPS) is 19.0. The first-order valence-electron chi connectivity index (χ1n) is 7.40. The smallest absolute Gasteiger partial charge is 0.242 e. The fourth-order valence-electron chi connectivity index (χ4n) is 2.65. The van der Waals surface area contributed by atoms with Crippen molar-refractivity contribution in [1.82, 2.24) is 0 Å². The summed E-state index contributed by atoms with van der Waals surface area (Å²) in [5.41, 5.74) is 0.723. The summed E-state index contributed by atoms with van der Waals surface area (Å²) >= 11 is 1.64. The largest absolute Gasteiger partial charge is 0.274 e. The Kier molecular flexibility index (Phi) is 3.65. The molecule has 0 aliphatic carbocycles. The zero-order chi connectivity index (χ0) is 15.9. The Morgan fingerprint density at radius 3 is 2.32 bits per heavy atom. The third-order valence-corrected chi connectivity index (χ3v) is 5.50. The van der Waals surface area contributed by atoms with Crippen molar-refractivity contribution in [2.24, 2.45) is 0 Å². The van der Waals surface area contributed by atoms with E-state index < -0.39 is 0 Å². The predicted octanol–water partition coefficient (Wildman–Crippen LogP) is 4.09. The number of hydrogen-bond donors (Lipinski definition) is 0. The number of anilines is 1. The summed E-state index contributed by atoms with van der Waals surface area (Å²) in [6, 6.07) is 13.2. The summed E-state index contributed by atoms with van der Waals surface area (Å²) in [5, 5.41) is 0. The average molecular weight is 313 g/mol. The van der Waals surface area contributed by atoms with Crippen LogP contribution in [0, 0.1) is 0 Å². The number of amides is 2. The second-order valence-corrected chi connectivity index (χ2v) is 7.73. The fraction of sp³-hybridized carbons (Fsp3) is 0.333. The van der Waals surface area contributed by atoms with Crippen LogP contribution >= 0.6 is 11.3 Å². The van der Waals surface area contributed by atoms with Gasteiger partial charge in [-0.15, -0.1) is 11.3 Å². The summed E-state index contributed by atoms with van der Waals surface area (Å²) in [4.78, 5) is 28.5. The molecule has 1 saturated heterocycles. The molecule has 3 rings (SSSR count). The van der Waals surface area contributed by atoms with Crippen LogP contribution in [0.2, 0.25) is 0 Å². The maximum absolute atomic E-state index is 12.7. The number of nitrogens with zero attached hydrogens (tertiary/aromatic N) is 1. The van der Waals surface area contributed by atoms with Crippen LogP contribution in [0.5, 0.6) is 0 Å². The molecule has 4 heteroatoms. The number of imide groups is 1. The van der Waals surface area contributed by atoms with Gasteiger partial charge in [-0.05, 0) is 29.7 Å². The Morgan fingerprint density at radius 2 is 1.73 bits per heavy atom. The molecule has 2 heterocycles. The average Bonchev–Trinajstić information content (AvgIpc) is 3.04. The minimum atomic E-state index is -0.339. The molecule has 1 atom stereocenters. The van der Waals surface area contributed by atoms with Gasteiger partial charge in [-0.1, -0.05) is 39.0 Å². The van der Waals surface area contributed by atoms with Crippen molar-refractivity contribution in [3.8, 4) is 0 Å².